The van der Waals surface area contributed by atoms with Crippen LogP contribution in [0.5, 0.6) is 0 Å². The lowest BCUT2D eigenvalue weighted by Crippen LogP contribution is -2.39. The molecule has 1 atom stereocenters. The molecule has 0 saturated heterocycles. The standard InChI is InChI=1S/C17H23N5O2S/c1-10(14(23)19-15(18)24)25-16-21-20-13(22(16)5)11-6-8-12(9-7-11)17(2,3)4/h6-10H,1-5H3,(H3,18,19,23,24)/t10-/m0/s1. The minimum Gasteiger partial charge on any atom is -0.351 e. The van der Waals surface area contributed by atoms with Gasteiger partial charge < -0.3 is 10.3 Å². The number of imide groups is 1. The molecule has 0 aliphatic carbocycles. The minimum absolute atomic E-state index is 0.0860. The number of benzene rings is 1. The summed E-state index contributed by atoms with van der Waals surface area (Å²) in [4.78, 5) is 22.6. The average molecular weight is 361 g/mol. The van der Waals surface area contributed by atoms with Gasteiger partial charge in [-0.1, -0.05) is 56.8 Å². The number of nitrogens with zero attached hydrogens (tertiary/aromatic N) is 3. The molecule has 0 bridgehead atoms. The van der Waals surface area contributed by atoms with Gasteiger partial charge >= 0.3 is 6.03 Å². The summed E-state index contributed by atoms with van der Waals surface area (Å²) in [6.07, 6.45) is 0. The van der Waals surface area contributed by atoms with Crippen LogP contribution in [0.15, 0.2) is 29.4 Å². The van der Waals surface area contributed by atoms with E-state index in [1.165, 1.54) is 17.3 Å². The van der Waals surface area contributed by atoms with E-state index in [0.717, 1.165) is 5.56 Å². The van der Waals surface area contributed by atoms with E-state index in [-0.39, 0.29) is 5.41 Å². The Kier molecular flexibility index (Phi) is 5.52. The number of thioether (sulfide) groups is 1. The van der Waals surface area contributed by atoms with E-state index in [4.69, 9.17) is 5.73 Å². The fourth-order valence-electron chi connectivity index (χ4n) is 2.22. The zero-order chi connectivity index (χ0) is 18.8. The lowest BCUT2D eigenvalue weighted by molar-refractivity contribution is -0.119. The van der Waals surface area contributed by atoms with Crippen LogP contribution in [0.2, 0.25) is 0 Å². The number of nitrogens with two attached hydrogens (primary N) is 1. The highest BCUT2D eigenvalue weighted by Gasteiger charge is 2.20. The third-order valence-electron chi connectivity index (χ3n) is 3.74. The number of rotatable bonds is 4. The van der Waals surface area contributed by atoms with Crippen LogP contribution in [0, 0.1) is 0 Å². The van der Waals surface area contributed by atoms with Gasteiger partial charge in [0.25, 0.3) is 0 Å². The van der Waals surface area contributed by atoms with Gasteiger partial charge in [-0.15, -0.1) is 10.2 Å². The van der Waals surface area contributed by atoms with Crippen molar-refractivity contribution in [2.75, 3.05) is 0 Å². The fourth-order valence-corrected chi connectivity index (χ4v) is 3.04. The Morgan fingerprint density at radius 3 is 2.32 bits per heavy atom. The van der Waals surface area contributed by atoms with Crippen molar-refractivity contribution in [1.29, 1.82) is 0 Å². The average Bonchev–Trinajstić information content (AvgIpc) is 2.87. The Labute approximate surface area is 151 Å². The summed E-state index contributed by atoms with van der Waals surface area (Å²) < 4.78 is 1.82. The van der Waals surface area contributed by atoms with Crippen molar-refractivity contribution in [3.63, 3.8) is 0 Å². The Balaban J connectivity index is 2.18. The quantitative estimate of drug-likeness (QED) is 0.814. The van der Waals surface area contributed by atoms with E-state index < -0.39 is 17.2 Å². The molecule has 0 aliphatic heterocycles. The first-order chi connectivity index (χ1) is 11.6. The van der Waals surface area contributed by atoms with Gasteiger partial charge in [-0.25, -0.2) is 4.79 Å². The van der Waals surface area contributed by atoms with E-state index in [0.29, 0.717) is 11.0 Å². The van der Waals surface area contributed by atoms with Crippen molar-refractivity contribution < 1.29 is 9.59 Å². The van der Waals surface area contributed by atoms with Gasteiger partial charge in [0.15, 0.2) is 11.0 Å². The van der Waals surface area contributed by atoms with E-state index in [1.807, 2.05) is 23.7 Å². The van der Waals surface area contributed by atoms with Crippen LogP contribution in [0.25, 0.3) is 11.4 Å². The molecular weight excluding hydrogens is 338 g/mol. The zero-order valence-electron chi connectivity index (χ0n) is 15.0. The maximum Gasteiger partial charge on any atom is 0.318 e. The predicted molar refractivity (Wildman–Crippen MR) is 98.2 cm³/mol. The van der Waals surface area contributed by atoms with Gasteiger partial charge in [0.1, 0.15) is 0 Å². The number of carbonyl (C=O) groups excluding carboxylic acids is 2. The Bertz CT molecular complexity index is 777. The second kappa shape index (κ2) is 7.26. The number of aromatic nitrogens is 3. The number of hydrogen-bond acceptors (Lipinski definition) is 5. The van der Waals surface area contributed by atoms with Crippen molar-refractivity contribution in [3.8, 4) is 11.4 Å². The van der Waals surface area contributed by atoms with Crippen LogP contribution < -0.4 is 11.1 Å². The highest BCUT2D eigenvalue weighted by Crippen LogP contribution is 2.28. The Morgan fingerprint density at radius 2 is 1.80 bits per heavy atom. The van der Waals surface area contributed by atoms with E-state index in [1.54, 1.807) is 6.92 Å². The summed E-state index contributed by atoms with van der Waals surface area (Å²) in [5.41, 5.74) is 7.24. The summed E-state index contributed by atoms with van der Waals surface area (Å²) in [7, 11) is 1.84. The lowest BCUT2D eigenvalue weighted by atomic mass is 9.87. The molecule has 0 aliphatic rings. The maximum absolute atomic E-state index is 11.8. The van der Waals surface area contributed by atoms with Crippen molar-refractivity contribution in [1.82, 2.24) is 20.1 Å². The molecule has 2 aromatic rings. The van der Waals surface area contributed by atoms with Crippen molar-refractivity contribution in [2.24, 2.45) is 12.8 Å². The van der Waals surface area contributed by atoms with Gasteiger partial charge in [0.2, 0.25) is 5.91 Å². The van der Waals surface area contributed by atoms with Crippen molar-refractivity contribution >= 4 is 23.7 Å². The second-order valence-corrected chi connectivity index (χ2v) is 8.11. The topological polar surface area (TPSA) is 103 Å². The number of urea groups is 1. The first-order valence-corrected chi connectivity index (χ1v) is 8.75. The largest absolute Gasteiger partial charge is 0.351 e. The molecule has 3 N–H and O–H groups in total. The van der Waals surface area contributed by atoms with Gasteiger partial charge in [-0.3, -0.25) is 10.1 Å². The predicted octanol–water partition coefficient (Wildman–Crippen LogP) is 2.46. The molecule has 0 spiro atoms. The highest BCUT2D eigenvalue weighted by atomic mass is 32.2. The zero-order valence-corrected chi connectivity index (χ0v) is 15.8. The van der Waals surface area contributed by atoms with Crippen LogP contribution in [-0.4, -0.2) is 32.0 Å². The number of hydrogen-bond donors (Lipinski definition) is 2. The molecule has 3 amide bonds. The van der Waals surface area contributed by atoms with Crippen LogP contribution in [-0.2, 0) is 17.3 Å². The molecular formula is C17H23N5O2S. The lowest BCUT2D eigenvalue weighted by Gasteiger charge is -2.19. The van der Waals surface area contributed by atoms with Crippen molar-refractivity contribution in [2.45, 2.75) is 43.5 Å². The van der Waals surface area contributed by atoms with E-state index in [2.05, 4.69) is 48.4 Å². The van der Waals surface area contributed by atoms with Crippen LogP contribution in [0.4, 0.5) is 4.79 Å². The molecule has 1 heterocycles. The molecule has 1 aromatic carbocycles. The number of carbonyl (C=O) groups is 2. The van der Waals surface area contributed by atoms with Crippen LogP contribution in [0.3, 0.4) is 0 Å². The molecule has 134 valence electrons. The second-order valence-electron chi connectivity index (χ2n) is 6.81. The molecule has 1 aromatic heterocycles. The monoisotopic (exact) mass is 361 g/mol. The summed E-state index contributed by atoms with van der Waals surface area (Å²) in [5, 5.41) is 10.5. The maximum atomic E-state index is 11.8. The summed E-state index contributed by atoms with van der Waals surface area (Å²) in [5.74, 6) is 0.252. The molecule has 0 fully saturated rings. The van der Waals surface area contributed by atoms with Crippen LogP contribution in [0.1, 0.15) is 33.3 Å². The molecule has 2 rings (SSSR count). The molecule has 0 saturated carbocycles. The molecule has 25 heavy (non-hydrogen) atoms. The number of primary amides is 1. The normalized spacial score (nSPS) is 12.7. The Morgan fingerprint density at radius 1 is 1.20 bits per heavy atom. The molecule has 0 radical (unpaired) electrons. The van der Waals surface area contributed by atoms with E-state index >= 15 is 0 Å². The number of nitrogens with one attached hydrogen (secondary N) is 1. The first-order valence-electron chi connectivity index (χ1n) is 7.87. The molecule has 7 nitrogen and oxygen atoms in total. The summed E-state index contributed by atoms with van der Waals surface area (Å²) in [6.45, 7) is 8.17. The van der Waals surface area contributed by atoms with Gasteiger partial charge in [0.05, 0.1) is 5.25 Å². The fraction of sp³-hybridized carbons (Fsp3) is 0.412. The number of amides is 3. The smallest absolute Gasteiger partial charge is 0.318 e. The summed E-state index contributed by atoms with van der Waals surface area (Å²) in [6, 6.07) is 7.33. The summed E-state index contributed by atoms with van der Waals surface area (Å²) >= 11 is 1.21. The minimum atomic E-state index is -0.866. The molecule has 0 unspecified atom stereocenters. The SMILES string of the molecule is C[C@H](Sc1nnc(-c2ccc(C(C)(C)C)cc2)n1C)C(=O)NC(N)=O. The van der Waals surface area contributed by atoms with Gasteiger partial charge in [-0.2, -0.15) is 0 Å². The highest BCUT2D eigenvalue weighted by molar-refractivity contribution is 8.00. The van der Waals surface area contributed by atoms with Gasteiger partial charge in [-0.05, 0) is 17.9 Å². The van der Waals surface area contributed by atoms with Crippen molar-refractivity contribution in [3.05, 3.63) is 29.8 Å². The van der Waals surface area contributed by atoms with Crippen LogP contribution >= 0.6 is 11.8 Å². The molecule has 8 heteroatoms. The third-order valence-corrected chi connectivity index (χ3v) is 4.88. The Hall–Kier alpha value is -2.35. The first kappa shape index (κ1) is 19.0. The van der Waals surface area contributed by atoms with E-state index in [9.17, 15) is 9.59 Å². The van der Waals surface area contributed by atoms with Gasteiger partial charge in [0, 0.05) is 12.6 Å². The third kappa shape index (κ3) is 4.60.